The van der Waals surface area contributed by atoms with Gasteiger partial charge < -0.3 is 15.2 Å². The van der Waals surface area contributed by atoms with E-state index in [1.165, 1.54) is 11.3 Å². The Hall–Kier alpha value is -2.93. The monoisotopic (exact) mass is 425 g/mol. The molecule has 0 saturated heterocycles. The van der Waals surface area contributed by atoms with Gasteiger partial charge in [-0.05, 0) is 30.2 Å². The number of fused-ring (bicyclic) bond motifs is 2. The van der Waals surface area contributed by atoms with Crippen LogP contribution in [0.5, 0.6) is 0 Å². The van der Waals surface area contributed by atoms with Gasteiger partial charge in [0.25, 0.3) is 0 Å². The summed E-state index contributed by atoms with van der Waals surface area (Å²) >= 11 is 1.25. The van der Waals surface area contributed by atoms with Gasteiger partial charge in [-0.25, -0.2) is 4.79 Å². The Morgan fingerprint density at radius 1 is 1.13 bits per heavy atom. The summed E-state index contributed by atoms with van der Waals surface area (Å²) in [5, 5.41) is 14.7. The molecule has 6 nitrogen and oxygen atoms in total. The fourth-order valence-corrected chi connectivity index (χ4v) is 5.42. The lowest BCUT2D eigenvalue weighted by Gasteiger charge is -2.23. The van der Waals surface area contributed by atoms with E-state index in [9.17, 15) is 19.5 Å². The van der Waals surface area contributed by atoms with Gasteiger partial charge in [0.15, 0.2) is 0 Å². The van der Waals surface area contributed by atoms with E-state index in [1.54, 1.807) is 0 Å². The number of anilines is 1. The van der Waals surface area contributed by atoms with Crippen molar-refractivity contribution in [3.8, 4) is 11.1 Å². The fourth-order valence-electron chi connectivity index (χ4n) is 4.46. The van der Waals surface area contributed by atoms with Crippen LogP contribution in [0.15, 0.2) is 47.9 Å². The number of carbonyl (C=O) groups excluding carboxylic acids is 2. The van der Waals surface area contributed by atoms with Crippen molar-refractivity contribution in [2.45, 2.75) is 19.8 Å². The summed E-state index contributed by atoms with van der Waals surface area (Å²) in [6, 6.07) is 9.44. The van der Waals surface area contributed by atoms with E-state index in [2.05, 4.69) is 5.32 Å². The molecule has 0 spiro atoms. The highest BCUT2D eigenvalue weighted by Gasteiger charge is 2.51. The number of ether oxygens (including phenoxy) is 1. The Morgan fingerprint density at radius 3 is 2.50 bits per heavy atom. The Morgan fingerprint density at radius 2 is 1.83 bits per heavy atom. The minimum atomic E-state index is -0.953. The second-order valence-corrected chi connectivity index (χ2v) is 8.56. The number of nitrogens with one attached hydrogen (secondary N) is 1. The van der Waals surface area contributed by atoms with E-state index in [4.69, 9.17) is 4.74 Å². The van der Waals surface area contributed by atoms with Gasteiger partial charge in [-0.1, -0.05) is 49.4 Å². The SMILES string of the molecule is CCCOC(=O)c1c(-c2ccccc2)csc1NC(=O)[C@H]1[C@@H](C(=O)O)[C@H]2C=C[C@@H]1C2. The van der Waals surface area contributed by atoms with Crippen LogP contribution in [0.1, 0.15) is 30.1 Å². The number of hydrogen-bond acceptors (Lipinski definition) is 5. The molecule has 1 saturated carbocycles. The zero-order chi connectivity index (χ0) is 21.3. The fraction of sp³-hybridized carbons (Fsp3) is 0.348. The minimum absolute atomic E-state index is 0.0832. The Kier molecular flexibility index (Phi) is 5.72. The molecule has 2 aromatic rings. The highest BCUT2D eigenvalue weighted by Crippen LogP contribution is 2.49. The molecule has 7 heteroatoms. The summed E-state index contributed by atoms with van der Waals surface area (Å²) in [6.45, 7) is 2.20. The zero-order valence-corrected chi connectivity index (χ0v) is 17.4. The number of allylic oxidation sites excluding steroid dienone is 2. The van der Waals surface area contributed by atoms with Crippen LogP contribution >= 0.6 is 11.3 Å². The number of aliphatic carboxylic acids is 1. The summed E-state index contributed by atoms with van der Waals surface area (Å²) in [5.41, 5.74) is 1.86. The first-order chi connectivity index (χ1) is 14.5. The quantitative estimate of drug-likeness (QED) is 0.505. The summed E-state index contributed by atoms with van der Waals surface area (Å²) in [5.74, 6) is -3.37. The van der Waals surface area contributed by atoms with Crippen molar-refractivity contribution in [3.05, 3.63) is 53.4 Å². The van der Waals surface area contributed by atoms with Crippen molar-refractivity contribution in [2.75, 3.05) is 11.9 Å². The number of benzene rings is 1. The second-order valence-electron chi connectivity index (χ2n) is 7.68. The molecule has 0 radical (unpaired) electrons. The highest BCUT2D eigenvalue weighted by atomic mass is 32.1. The number of carboxylic acids is 1. The first-order valence-electron chi connectivity index (χ1n) is 10.1. The van der Waals surface area contributed by atoms with Gasteiger partial charge in [-0.15, -0.1) is 11.3 Å². The second kappa shape index (κ2) is 8.44. The van der Waals surface area contributed by atoms with E-state index >= 15 is 0 Å². The first-order valence-corrected chi connectivity index (χ1v) is 10.9. The van der Waals surface area contributed by atoms with Crippen molar-refractivity contribution >= 4 is 34.2 Å². The molecule has 0 unspecified atom stereocenters. The van der Waals surface area contributed by atoms with Crippen LogP contribution in [0.25, 0.3) is 11.1 Å². The summed E-state index contributed by atoms with van der Waals surface area (Å²) in [6.07, 6.45) is 5.21. The maximum absolute atomic E-state index is 13.1. The van der Waals surface area contributed by atoms with E-state index in [0.717, 1.165) is 5.56 Å². The predicted octanol–water partition coefficient (Wildman–Crippen LogP) is 4.44. The summed E-state index contributed by atoms with van der Waals surface area (Å²) in [7, 11) is 0. The maximum Gasteiger partial charge on any atom is 0.341 e. The van der Waals surface area contributed by atoms with Gasteiger partial charge in [0, 0.05) is 10.9 Å². The molecular weight excluding hydrogens is 402 g/mol. The average Bonchev–Trinajstić information content (AvgIpc) is 3.46. The minimum Gasteiger partial charge on any atom is -0.481 e. The van der Waals surface area contributed by atoms with Gasteiger partial charge in [0.2, 0.25) is 5.91 Å². The van der Waals surface area contributed by atoms with Crippen LogP contribution in [0.2, 0.25) is 0 Å². The number of carboxylic acid groups (broad SMARTS) is 1. The molecule has 1 amide bonds. The lowest BCUT2D eigenvalue weighted by atomic mass is 9.82. The number of thiophene rings is 1. The van der Waals surface area contributed by atoms with Crippen LogP contribution < -0.4 is 5.32 Å². The largest absolute Gasteiger partial charge is 0.481 e. The van der Waals surface area contributed by atoms with E-state index in [0.29, 0.717) is 29.0 Å². The Balaban J connectivity index is 1.65. The predicted molar refractivity (Wildman–Crippen MR) is 114 cm³/mol. The third kappa shape index (κ3) is 3.65. The molecule has 1 heterocycles. The molecule has 1 fully saturated rings. The number of carbonyl (C=O) groups is 3. The molecule has 156 valence electrons. The van der Waals surface area contributed by atoms with Gasteiger partial charge in [-0.3, -0.25) is 9.59 Å². The topological polar surface area (TPSA) is 92.7 Å². The maximum atomic E-state index is 13.1. The molecule has 4 rings (SSSR count). The van der Waals surface area contributed by atoms with E-state index in [-0.39, 0.29) is 24.3 Å². The van der Waals surface area contributed by atoms with Crippen molar-refractivity contribution in [3.63, 3.8) is 0 Å². The van der Waals surface area contributed by atoms with Crippen LogP contribution in [0.3, 0.4) is 0 Å². The van der Waals surface area contributed by atoms with Crippen molar-refractivity contribution in [1.29, 1.82) is 0 Å². The van der Waals surface area contributed by atoms with Gasteiger partial charge >= 0.3 is 11.9 Å². The number of esters is 1. The summed E-state index contributed by atoms with van der Waals surface area (Å²) < 4.78 is 5.37. The number of rotatable bonds is 7. The third-order valence-electron chi connectivity index (χ3n) is 5.80. The number of amides is 1. The molecule has 0 aliphatic heterocycles. The van der Waals surface area contributed by atoms with Crippen LogP contribution in [0, 0.1) is 23.7 Å². The van der Waals surface area contributed by atoms with Crippen LogP contribution in [-0.2, 0) is 14.3 Å². The molecule has 2 bridgehead atoms. The van der Waals surface area contributed by atoms with E-state index in [1.807, 2.05) is 54.8 Å². The molecule has 1 aromatic carbocycles. The average molecular weight is 426 g/mol. The summed E-state index contributed by atoms with van der Waals surface area (Å²) in [4.78, 5) is 37.7. The smallest absolute Gasteiger partial charge is 0.341 e. The zero-order valence-electron chi connectivity index (χ0n) is 16.5. The highest BCUT2D eigenvalue weighted by molar-refractivity contribution is 7.15. The molecule has 30 heavy (non-hydrogen) atoms. The first kappa shape index (κ1) is 20.3. The molecule has 4 atom stereocenters. The van der Waals surface area contributed by atoms with Gasteiger partial charge in [0.1, 0.15) is 10.6 Å². The van der Waals surface area contributed by atoms with Gasteiger partial charge in [0.05, 0.1) is 18.4 Å². The van der Waals surface area contributed by atoms with Crippen molar-refractivity contribution in [2.24, 2.45) is 23.7 Å². The van der Waals surface area contributed by atoms with Crippen molar-refractivity contribution in [1.82, 2.24) is 0 Å². The lowest BCUT2D eigenvalue weighted by molar-refractivity contribution is -0.146. The Bertz CT molecular complexity index is 996. The number of hydrogen-bond donors (Lipinski definition) is 2. The van der Waals surface area contributed by atoms with Crippen molar-refractivity contribution < 1.29 is 24.2 Å². The third-order valence-corrected chi connectivity index (χ3v) is 6.70. The lowest BCUT2D eigenvalue weighted by Crippen LogP contribution is -2.36. The van der Waals surface area contributed by atoms with E-state index < -0.39 is 23.8 Å². The molecular formula is C23H23NO5S. The molecule has 2 N–H and O–H groups in total. The molecule has 2 aliphatic carbocycles. The van der Waals surface area contributed by atoms with Gasteiger partial charge in [-0.2, -0.15) is 0 Å². The molecule has 1 aromatic heterocycles. The normalized spacial score (nSPS) is 24.0. The Labute approximate surface area is 178 Å². The standard InChI is InChI=1S/C23H23NO5S/c1-2-10-29-23(28)19-16(13-6-4-3-5-7-13)12-30-21(19)24-20(25)17-14-8-9-15(11-14)18(17)22(26)27/h3-9,12,14-15,17-18H,2,10-11H2,1H3,(H,24,25)(H,26,27)/t14-,15+,17-,18+/m1/s1. The van der Waals surface area contributed by atoms with Crippen LogP contribution in [-0.4, -0.2) is 29.6 Å². The molecule has 2 aliphatic rings. The van der Waals surface area contributed by atoms with Crippen LogP contribution in [0.4, 0.5) is 5.00 Å².